The molecule has 0 aliphatic carbocycles. The lowest BCUT2D eigenvalue weighted by Gasteiger charge is -2.15. The minimum absolute atomic E-state index is 0.254. The maximum atomic E-state index is 9.31. The van der Waals surface area contributed by atoms with Crippen LogP contribution < -0.4 is 5.32 Å². The lowest BCUT2D eigenvalue weighted by molar-refractivity contribution is 0.170. The molecule has 0 spiro atoms. The topological polar surface area (TPSA) is 45.1 Å². The van der Waals surface area contributed by atoms with Crippen LogP contribution in [0.3, 0.4) is 0 Å². The second-order valence-corrected chi connectivity index (χ2v) is 4.92. The predicted octanol–water partition coefficient (Wildman–Crippen LogP) is 2.48. The van der Waals surface area contributed by atoms with Gasteiger partial charge in [0.2, 0.25) is 0 Å². The number of aliphatic hydroxyl groups excluding tert-OH is 1. The van der Waals surface area contributed by atoms with Crippen LogP contribution in [0.25, 0.3) is 10.8 Å². The zero-order valence-corrected chi connectivity index (χ0v) is 10.9. The average molecular weight is 244 g/mol. The maximum Gasteiger partial charge on any atom is 0.0526 e. The van der Waals surface area contributed by atoms with E-state index in [0.717, 1.165) is 13.0 Å². The van der Waals surface area contributed by atoms with Crippen molar-refractivity contribution in [2.45, 2.75) is 39.0 Å². The van der Waals surface area contributed by atoms with E-state index in [9.17, 15) is 5.11 Å². The molecule has 0 aliphatic heterocycles. The molecule has 3 heteroatoms. The average Bonchev–Trinajstić information content (AvgIpc) is 2.35. The van der Waals surface area contributed by atoms with Crippen LogP contribution in [0.2, 0.25) is 0 Å². The summed E-state index contributed by atoms with van der Waals surface area (Å²) in [6, 6.07) is 8.74. The van der Waals surface area contributed by atoms with Crippen molar-refractivity contribution >= 4 is 10.8 Å². The number of rotatable bonds is 5. The Kier molecular flexibility index (Phi) is 4.28. The molecule has 96 valence electrons. The minimum atomic E-state index is -0.254. The van der Waals surface area contributed by atoms with Gasteiger partial charge < -0.3 is 10.4 Å². The zero-order valence-electron chi connectivity index (χ0n) is 10.9. The number of pyridine rings is 1. The van der Waals surface area contributed by atoms with Gasteiger partial charge >= 0.3 is 0 Å². The van der Waals surface area contributed by atoms with Gasteiger partial charge in [0.15, 0.2) is 0 Å². The Morgan fingerprint density at radius 1 is 1.22 bits per heavy atom. The van der Waals surface area contributed by atoms with Gasteiger partial charge in [-0.3, -0.25) is 4.98 Å². The molecule has 2 N–H and O–H groups in total. The van der Waals surface area contributed by atoms with E-state index in [0.29, 0.717) is 6.04 Å². The van der Waals surface area contributed by atoms with Crippen molar-refractivity contribution in [3.05, 3.63) is 42.2 Å². The summed E-state index contributed by atoms with van der Waals surface area (Å²) in [5, 5.41) is 15.1. The van der Waals surface area contributed by atoms with Gasteiger partial charge in [-0.1, -0.05) is 12.1 Å². The highest BCUT2D eigenvalue weighted by atomic mass is 16.3. The molecule has 1 aromatic carbocycles. The Hall–Kier alpha value is -1.45. The van der Waals surface area contributed by atoms with Crippen molar-refractivity contribution in [2.24, 2.45) is 0 Å². The molecule has 1 heterocycles. The molecule has 2 rings (SSSR count). The molecule has 18 heavy (non-hydrogen) atoms. The van der Waals surface area contributed by atoms with Gasteiger partial charge in [-0.2, -0.15) is 0 Å². The van der Waals surface area contributed by atoms with Gasteiger partial charge in [0.1, 0.15) is 0 Å². The molecule has 0 bridgehead atoms. The lowest BCUT2D eigenvalue weighted by atomic mass is 10.1. The molecule has 0 saturated heterocycles. The molecule has 3 nitrogen and oxygen atoms in total. The predicted molar refractivity (Wildman–Crippen MR) is 74.3 cm³/mol. The Bertz CT molecular complexity index is 511. The van der Waals surface area contributed by atoms with Crippen LogP contribution >= 0.6 is 0 Å². The molecule has 0 radical (unpaired) electrons. The summed E-state index contributed by atoms with van der Waals surface area (Å²) in [6.07, 6.45) is 4.21. The van der Waals surface area contributed by atoms with Crippen molar-refractivity contribution in [2.75, 3.05) is 0 Å². The standard InChI is InChI=1S/C15H20N2O/c1-11(7-12(2)18)17-9-13-3-4-15-10-16-6-5-14(15)8-13/h3-6,8,10-12,17-18H,7,9H2,1-2H3. The van der Waals surface area contributed by atoms with Crippen LogP contribution in [0, 0.1) is 0 Å². The third-order valence-electron chi connectivity index (χ3n) is 3.05. The fourth-order valence-electron chi connectivity index (χ4n) is 2.13. The molecule has 1 aromatic heterocycles. The Morgan fingerprint density at radius 2 is 2.06 bits per heavy atom. The molecule has 0 aliphatic rings. The van der Waals surface area contributed by atoms with E-state index in [1.807, 2.05) is 25.4 Å². The van der Waals surface area contributed by atoms with E-state index >= 15 is 0 Å². The summed E-state index contributed by atoms with van der Waals surface area (Å²) in [5.41, 5.74) is 1.26. The lowest BCUT2D eigenvalue weighted by Crippen LogP contribution is -2.28. The van der Waals surface area contributed by atoms with E-state index in [-0.39, 0.29) is 6.10 Å². The summed E-state index contributed by atoms with van der Waals surface area (Å²) in [7, 11) is 0. The number of hydrogen-bond donors (Lipinski definition) is 2. The number of nitrogens with one attached hydrogen (secondary N) is 1. The molecule has 2 unspecified atom stereocenters. The number of nitrogens with zero attached hydrogens (tertiary/aromatic N) is 1. The number of aliphatic hydroxyl groups is 1. The first-order valence-corrected chi connectivity index (χ1v) is 6.39. The van der Waals surface area contributed by atoms with Crippen molar-refractivity contribution in [1.82, 2.24) is 10.3 Å². The van der Waals surface area contributed by atoms with Gasteiger partial charge in [0, 0.05) is 30.4 Å². The number of hydrogen-bond acceptors (Lipinski definition) is 3. The van der Waals surface area contributed by atoms with Crippen LogP contribution in [0.4, 0.5) is 0 Å². The van der Waals surface area contributed by atoms with E-state index in [1.165, 1.54) is 16.3 Å². The molecule has 2 atom stereocenters. The fraction of sp³-hybridized carbons (Fsp3) is 0.400. The second kappa shape index (κ2) is 5.94. The summed E-state index contributed by atoms with van der Waals surface area (Å²) in [5.74, 6) is 0. The second-order valence-electron chi connectivity index (χ2n) is 4.92. The first-order valence-electron chi connectivity index (χ1n) is 6.39. The highest BCUT2D eigenvalue weighted by Gasteiger charge is 2.05. The van der Waals surface area contributed by atoms with E-state index in [4.69, 9.17) is 0 Å². The molecular formula is C15H20N2O. The molecule has 0 fully saturated rings. The Balaban J connectivity index is 1.99. The van der Waals surface area contributed by atoms with Crippen molar-refractivity contribution in [1.29, 1.82) is 0 Å². The molecule has 2 aromatic rings. The van der Waals surface area contributed by atoms with Crippen LogP contribution in [0.15, 0.2) is 36.7 Å². The van der Waals surface area contributed by atoms with Gasteiger partial charge in [-0.05, 0) is 43.4 Å². The van der Waals surface area contributed by atoms with E-state index in [2.05, 4.69) is 35.4 Å². The smallest absolute Gasteiger partial charge is 0.0526 e. The summed E-state index contributed by atoms with van der Waals surface area (Å²) >= 11 is 0. The van der Waals surface area contributed by atoms with Crippen LogP contribution in [0.1, 0.15) is 25.8 Å². The summed E-state index contributed by atoms with van der Waals surface area (Å²) < 4.78 is 0. The Labute approximate surface area is 108 Å². The van der Waals surface area contributed by atoms with Gasteiger partial charge in [-0.25, -0.2) is 0 Å². The maximum absolute atomic E-state index is 9.31. The normalized spacial score (nSPS) is 14.6. The van der Waals surface area contributed by atoms with Crippen molar-refractivity contribution in [3.8, 4) is 0 Å². The quantitative estimate of drug-likeness (QED) is 0.849. The highest BCUT2D eigenvalue weighted by Crippen LogP contribution is 2.14. The van der Waals surface area contributed by atoms with Crippen LogP contribution in [-0.4, -0.2) is 22.2 Å². The van der Waals surface area contributed by atoms with Crippen LogP contribution in [0.5, 0.6) is 0 Å². The van der Waals surface area contributed by atoms with Gasteiger partial charge in [0.25, 0.3) is 0 Å². The van der Waals surface area contributed by atoms with Crippen molar-refractivity contribution < 1.29 is 5.11 Å². The highest BCUT2D eigenvalue weighted by molar-refractivity contribution is 5.81. The monoisotopic (exact) mass is 244 g/mol. The summed E-state index contributed by atoms with van der Waals surface area (Å²) in [6.45, 7) is 4.74. The molecule has 0 saturated carbocycles. The first-order chi connectivity index (χ1) is 8.65. The van der Waals surface area contributed by atoms with Crippen LogP contribution in [-0.2, 0) is 6.54 Å². The molecule has 0 amide bonds. The minimum Gasteiger partial charge on any atom is -0.393 e. The number of fused-ring (bicyclic) bond motifs is 1. The SMILES string of the molecule is CC(O)CC(C)NCc1ccc2cnccc2c1. The Morgan fingerprint density at radius 3 is 2.83 bits per heavy atom. The van der Waals surface area contributed by atoms with Gasteiger partial charge in [-0.15, -0.1) is 0 Å². The van der Waals surface area contributed by atoms with Crippen molar-refractivity contribution in [3.63, 3.8) is 0 Å². The van der Waals surface area contributed by atoms with E-state index < -0.39 is 0 Å². The largest absolute Gasteiger partial charge is 0.393 e. The third kappa shape index (κ3) is 3.52. The molecular weight excluding hydrogens is 224 g/mol. The van der Waals surface area contributed by atoms with Gasteiger partial charge in [0.05, 0.1) is 6.10 Å². The summed E-state index contributed by atoms with van der Waals surface area (Å²) in [4.78, 5) is 4.11. The zero-order chi connectivity index (χ0) is 13.0. The third-order valence-corrected chi connectivity index (χ3v) is 3.05. The fourth-order valence-corrected chi connectivity index (χ4v) is 2.13. The first kappa shape index (κ1) is 13.0. The number of aromatic nitrogens is 1. The van der Waals surface area contributed by atoms with E-state index in [1.54, 1.807) is 0 Å². The number of benzene rings is 1.